The first-order chi connectivity index (χ1) is 12.2. The van der Waals surface area contributed by atoms with Gasteiger partial charge in [0.15, 0.2) is 0 Å². The predicted molar refractivity (Wildman–Crippen MR) is 96.4 cm³/mol. The first kappa shape index (κ1) is 15.0. The van der Waals surface area contributed by atoms with Crippen molar-refractivity contribution in [3.8, 4) is 11.1 Å². The molecule has 0 saturated heterocycles. The Morgan fingerprint density at radius 2 is 1.16 bits per heavy atom. The number of benzene rings is 3. The fourth-order valence-corrected chi connectivity index (χ4v) is 2.80. The number of hydrogen-bond acceptors (Lipinski definition) is 3. The fraction of sp³-hybridized carbons (Fsp3) is 0. The standard InChI is InChI=1S/C21H14N2O2/c24-20-18-8-4-5-9-19(18)21(25)23(20)22-14-15-10-12-17(13-11-15)16-6-2-1-3-7-16/h1-14H/b22-14+. The van der Waals surface area contributed by atoms with Gasteiger partial charge in [0.05, 0.1) is 17.3 Å². The summed E-state index contributed by atoms with van der Waals surface area (Å²) in [6.45, 7) is 0. The van der Waals surface area contributed by atoms with Gasteiger partial charge < -0.3 is 0 Å². The van der Waals surface area contributed by atoms with Gasteiger partial charge in [-0.1, -0.05) is 66.7 Å². The first-order valence-corrected chi connectivity index (χ1v) is 7.91. The minimum atomic E-state index is -0.391. The van der Waals surface area contributed by atoms with Crippen LogP contribution < -0.4 is 0 Å². The van der Waals surface area contributed by atoms with E-state index in [0.717, 1.165) is 21.7 Å². The summed E-state index contributed by atoms with van der Waals surface area (Å²) in [6.07, 6.45) is 1.52. The molecule has 4 rings (SSSR count). The second-order valence-electron chi connectivity index (χ2n) is 5.70. The molecule has 4 heteroatoms. The summed E-state index contributed by atoms with van der Waals surface area (Å²) in [6, 6.07) is 24.6. The maximum absolute atomic E-state index is 12.3. The Morgan fingerprint density at radius 1 is 0.640 bits per heavy atom. The number of amides is 2. The van der Waals surface area contributed by atoms with Gasteiger partial charge in [-0.15, -0.1) is 0 Å². The lowest BCUT2D eigenvalue weighted by Gasteiger charge is -2.06. The van der Waals surface area contributed by atoms with E-state index >= 15 is 0 Å². The zero-order chi connectivity index (χ0) is 17.2. The predicted octanol–water partition coefficient (Wildman–Crippen LogP) is 3.98. The van der Waals surface area contributed by atoms with E-state index < -0.39 is 11.8 Å². The number of nitrogens with zero attached hydrogens (tertiary/aromatic N) is 2. The fourth-order valence-electron chi connectivity index (χ4n) is 2.80. The molecule has 0 fully saturated rings. The highest BCUT2D eigenvalue weighted by Gasteiger charge is 2.35. The smallest absolute Gasteiger partial charge is 0.267 e. The molecule has 0 N–H and O–H groups in total. The molecule has 1 aliphatic heterocycles. The van der Waals surface area contributed by atoms with Gasteiger partial charge in [-0.3, -0.25) is 9.59 Å². The summed E-state index contributed by atoms with van der Waals surface area (Å²) < 4.78 is 0. The Balaban J connectivity index is 1.55. The van der Waals surface area contributed by atoms with Crippen LogP contribution in [-0.4, -0.2) is 23.0 Å². The second kappa shape index (κ2) is 6.17. The summed E-state index contributed by atoms with van der Waals surface area (Å²) >= 11 is 0. The van der Waals surface area contributed by atoms with E-state index in [1.165, 1.54) is 6.21 Å². The normalized spacial score (nSPS) is 13.5. The molecule has 1 heterocycles. The van der Waals surface area contributed by atoms with Gasteiger partial charge in [-0.05, 0) is 28.8 Å². The number of hydrazone groups is 1. The molecule has 0 atom stereocenters. The number of carbonyl (C=O) groups is 2. The third kappa shape index (κ3) is 2.74. The third-order valence-electron chi connectivity index (χ3n) is 4.11. The van der Waals surface area contributed by atoms with Crippen molar-refractivity contribution in [3.63, 3.8) is 0 Å². The van der Waals surface area contributed by atoms with Crippen molar-refractivity contribution in [2.45, 2.75) is 0 Å². The SMILES string of the molecule is O=C1c2ccccc2C(=O)N1/N=C/c1ccc(-c2ccccc2)cc1. The van der Waals surface area contributed by atoms with Gasteiger partial charge in [0.1, 0.15) is 0 Å². The lowest BCUT2D eigenvalue weighted by Crippen LogP contribution is -2.23. The van der Waals surface area contributed by atoms with Crippen molar-refractivity contribution in [2.75, 3.05) is 0 Å². The molecule has 0 saturated carbocycles. The molecule has 1 aliphatic rings. The van der Waals surface area contributed by atoms with E-state index in [1.54, 1.807) is 24.3 Å². The van der Waals surface area contributed by atoms with Crippen LogP contribution in [0, 0.1) is 0 Å². The van der Waals surface area contributed by atoms with Gasteiger partial charge >= 0.3 is 0 Å². The summed E-state index contributed by atoms with van der Waals surface area (Å²) in [5.74, 6) is -0.782. The molecule has 0 aliphatic carbocycles. The van der Waals surface area contributed by atoms with Crippen LogP contribution in [0.2, 0.25) is 0 Å². The molecular formula is C21H14N2O2. The van der Waals surface area contributed by atoms with Crippen molar-refractivity contribution >= 4 is 18.0 Å². The lowest BCUT2D eigenvalue weighted by molar-refractivity contribution is 0.0660. The van der Waals surface area contributed by atoms with E-state index in [4.69, 9.17) is 0 Å². The molecule has 3 aromatic rings. The second-order valence-corrected chi connectivity index (χ2v) is 5.70. The minimum Gasteiger partial charge on any atom is -0.267 e. The van der Waals surface area contributed by atoms with Crippen molar-refractivity contribution in [2.24, 2.45) is 5.10 Å². The van der Waals surface area contributed by atoms with Crippen LogP contribution >= 0.6 is 0 Å². The molecule has 0 radical (unpaired) electrons. The van der Waals surface area contributed by atoms with Gasteiger partial charge in [-0.25, -0.2) is 0 Å². The average Bonchev–Trinajstić information content (AvgIpc) is 2.92. The van der Waals surface area contributed by atoms with Crippen LogP contribution in [-0.2, 0) is 0 Å². The van der Waals surface area contributed by atoms with E-state index in [0.29, 0.717) is 11.1 Å². The van der Waals surface area contributed by atoms with Gasteiger partial charge in [-0.2, -0.15) is 10.1 Å². The van der Waals surface area contributed by atoms with E-state index in [9.17, 15) is 9.59 Å². The largest absolute Gasteiger partial charge is 0.282 e. The average molecular weight is 326 g/mol. The maximum atomic E-state index is 12.3. The zero-order valence-corrected chi connectivity index (χ0v) is 13.3. The van der Waals surface area contributed by atoms with Crippen molar-refractivity contribution in [1.82, 2.24) is 5.01 Å². The van der Waals surface area contributed by atoms with Crippen LogP contribution in [0.25, 0.3) is 11.1 Å². The number of rotatable bonds is 3. The zero-order valence-electron chi connectivity index (χ0n) is 13.3. The van der Waals surface area contributed by atoms with E-state index in [1.807, 2.05) is 54.6 Å². The van der Waals surface area contributed by atoms with Crippen LogP contribution in [0.5, 0.6) is 0 Å². The topological polar surface area (TPSA) is 49.7 Å². The third-order valence-corrected chi connectivity index (χ3v) is 4.11. The minimum absolute atomic E-state index is 0.391. The van der Waals surface area contributed by atoms with Crippen molar-refractivity contribution in [3.05, 3.63) is 95.6 Å². The molecule has 120 valence electrons. The number of fused-ring (bicyclic) bond motifs is 1. The number of hydrogen-bond donors (Lipinski definition) is 0. The molecule has 25 heavy (non-hydrogen) atoms. The van der Waals surface area contributed by atoms with Crippen molar-refractivity contribution < 1.29 is 9.59 Å². The van der Waals surface area contributed by atoms with Crippen LogP contribution in [0.4, 0.5) is 0 Å². The number of imide groups is 1. The Hall–Kier alpha value is -3.53. The number of carbonyl (C=O) groups excluding carboxylic acids is 2. The molecule has 0 bridgehead atoms. The molecular weight excluding hydrogens is 312 g/mol. The molecule has 3 aromatic carbocycles. The molecule has 4 nitrogen and oxygen atoms in total. The summed E-state index contributed by atoms with van der Waals surface area (Å²) in [5, 5.41) is 4.99. The highest BCUT2D eigenvalue weighted by atomic mass is 16.2. The molecule has 0 aromatic heterocycles. The molecule has 0 unspecified atom stereocenters. The highest BCUT2D eigenvalue weighted by Crippen LogP contribution is 2.23. The Labute approximate surface area is 145 Å². The maximum Gasteiger partial charge on any atom is 0.282 e. The Morgan fingerprint density at radius 3 is 1.76 bits per heavy atom. The van der Waals surface area contributed by atoms with Gasteiger partial charge in [0.25, 0.3) is 11.8 Å². The van der Waals surface area contributed by atoms with E-state index in [-0.39, 0.29) is 0 Å². The summed E-state index contributed by atoms with van der Waals surface area (Å²) in [7, 11) is 0. The van der Waals surface area contributed by atoms with Crippen LogP contribution in [0.1, 0.15) is 26.3 Å². The summed E-state index contributed by atoms with van der Waals surface area (Å²) in [4.78, 5) is 24.5. The van der Waals surface area contributed by atoms with E-state index in [2.05, 4.69) is 5.10 Å². The highest BCUT2D eigenvalue weighted by molar-refractivity contribution is 6.21. The Kier molecular flexibility index (Phi) is 3.71. The van der Waals surface area contributed by atoms with Crippen molar-refractivity contribution in [1.29, 1.82) is 0 Å². The van der Waals surface area contributed by atoms with Crippen LogP contribution in [0.3, 0.4) is 0 Å². The quantitative estimate of drug-likeness (QED) is 0.540. The molecule has 0 spiro atoms. The van der Waals surface area contributed by atoms with Gasteiger partial charge in [0.2, 0.25) is 0 Å². The van der Waals surface area contributed by atoms with Gasteiger partial charge in [0, 0.05) is 0 Å². The summed E-state index contributed by atoms with van der Waals surface area (Å²) in [5.41, 5.74) is 3.83. The van der Waals surface area contributed by atoms with Crippen LogP contribution in [0.15, 0.2) is 84.0 Å². The molecule has 2 amide bonds. The lowest BCUT2D eigenvalue weighted by atomic mass is 10.0. The first-order valence-electron chi connectivity index (χ1n) is 7.91. The monoisotopic (exact) mass is 326 g/mol. The Bertz CT molecular complexity index is 941.